The van der Waals surface area contributed by atoms with E-state index in [0.29, 0.717) is 6.54 Å². The number of aromatic amines is 1. The summed E-state index contributed by atoms with van der Waals surface area (Å²) in [6.07, 6.45) is 0.978. The largest absolute Gasteiger partial charge is 0.322 e. The number of anilines is 1. The minimum Gasteiger partial charge on any atom is -0.322 e. The number of H-pyrrole nitrogens is 1. The Kier molecular flexibility index (Phi) is 4.31. The first-order valence-corrected chi connectivity index (χ1v) is 8.13. The number of carbonyl (C=O) groups excluding carboxylic acids is 1. The Morgan fingerprint density at radius 1 is 1.41 bits per heavy atom. The van der Waals surface area contributed by atoms with Crippen LogP contribution in [-0.4, -0.2) is 34.1 Å². The maximum atomic E-state index is 12.2. The van der Waals surface area contributed by atoms with E-state index in [1.54, 1.807) is 0 Å². The second-order valence-corrected chi connectivity index (χ2v) is 6.65. The van der Waals surface area contributed by atoms with Crippen molar-refractivity contribution in [2.75, 3.05) is 18.4 Å². The van der Waals surface area contributed by atoms with Crippen LogP contribution in [0.25, 0.3) is 0 Å². The molecule has 1 amide bonds. The van der Waals surface area contributed by atoms with Crippen molar-refractivity contribution in [2.24, 2.45) is 0 Å². The molecular formula is C16H19BrN4O. The van der Waals surface area contributed by atoms with E-state index < -0.39 is 0 Å². The first-order valence-electron chi connectivity index (χ1n) is 7.34. The number of carbonyl (C=O) groups is 1. The third-order valence-corrected chi connectivity index (χ3v) is 4.51. The van der Waals surface area contributed by atoms with Crippen molar-refractivity contribution in [1.82, 2.24) is 15.1 Å². The zero-order chi connectivity index (χ0) is 15.7. The van der Waals surface area contributed by atoms with Gasteiger partial charge in [0.1, 0.15) is 0 Å². The average Bonchev–Trinajstić information content (AvgIpc) is 2.79. The summed E-state index contributed by atoms with van der Waals surface area (Å²) in [4.78, 5) is 14.4. The van der Waals surface area contributed by atoms with Crippen LogP contribution in [0.2, 0.25) is 0 Å². The van der Waals surface area contributed by atoms with Crippen LogP contribution in [0.4, 0.5) is 5.69 Å². The number of fused-ring (bicyclic) bond motifs is 1. The maximum Gasteiger partial charge on any atom is 0.238 e. The molecular weight excluding hydrogens is 344 g/mol. The number of rotatable bonds is 3. The Bertz CT molecular complexity index is 691. The van der Waals surface area contributed by atoms with Crippen molar-refractivity contribution in [1.29, 1.82) is 0 Å². The van der Waals surface area contributed by atoms with Gasteiger partial charge in [0.15, 0.2) is 0 Å². The summed E-state index contributed by atoms with van der Waals surface area (Å²) >= 11 is 3.51. The van der Waals surface area contributed by atoms with Gasteiger partial charge in [0.05, 0.1) is 23.6 Å². The van der Waals surface area contributed by atoms with Crippen LogP contribution in [0, 0.1) is 13.8 Å². The van der Waals surface area contributed by atoms with E-state index in [1.807, 2.05) is 13.8 Å². The number of aryl methyl sites for hydroxylation is 2. The molecule has 1 aromatic carbocycles. The summed E-state index contributed by atoms with van der Waals surface area (Å²) in [5, 5.41) is 9.93. The molecule has 0 fully saturated rings. The Balaban J connectivity index is 1.62. The summed E-state index contributed by atoms with van der Waals surface area (Å²) in [5.41, 5.74) is 5.18. The number of nitrogens with one attached hydrogen (secondary N) is 2. The molecule has 0 aliphatic carbocycles. The number of aromatic nitrogens is 2. The van der Waals surface area contributed by atoms with Crippen molar-refractivity contribution in [2.45, 2.75) is 26.8 Å². The summed E-state index contributed by atoms with van der Waals surface area (Å²) in [6.45, 7) is 5.91. The van der Waals surface area contributed by atoms with Gasteiger partial charge in [0.2, 0.25) is 5.91 Å². The Hall–Kier alpha value is -1.66. The van der Waals surface area contributed by atoms with E-state index in [2.05, 4.69) is 54.5 Å². The molecule has 5 nitrogen and oxygen atoms in total. The molecule has 0 unspecified atom stereocenters. The van der Waals surface area contributed by atoms with Crippen LogP contribution < -0.4 is 5.32 Å². The van der Waals surface area contributed by atoms with Crippen LogP contribution in [0.3, 0.4) is 0 Å². The van der Waals surface area contributed by atoms with E-state index in [-0.39, 0.29) is 5.91 Å². The smallest absolute Gasteiger partial charge is 0.238 e. The van der Waals surface area contributed by atoms with E-state index in [1.165, 1.54) is 11.1 Å². The molecule has 1 aliphatic heterocycles. The van der Waals surface area contributed by atoms with Gasteiger partial charge >= 0.3 is 0 Å². The lowest BCUT2D eigenvalue weighted by Gasteiger charge is -2.28. The van der Waals surface area contributed by atoms with Gasteiger partial charge in [-0.3, -0.25) is 14.8 Å². The predicted molar refractivity (Wildman–Crippen MR) is 89.8 cm³/mol. The maximum absolute atomic E-state index is 12.2. The highest BCUT2D eigenvalue weighted by atomic mass is 79.9. The standard InChI is InChI=1S/C16H19BrN4O/c1-10-16(11(2)20-19-10)18-15(22)9-21-6-5-12-7-14(17)4-3-13(12)8-21/h3-4,7H,5-6,8-9H2,1-2H3,(H,18,22)(H,19,20). The van der Waals surface area contributed by atoms with Crippen molar-refractivity contribution in [3.63, 3.8) is 0 Å². The van der Waals surface area contributed by atoms with Crippen molar-refractivity contribution in [3.8, 4) is 0 Å². The van der Waals surface area contributed by atoms with Gasteiger partial charge in [-0.05, 0) is 43.5 Å². The molecule has 2 N–H and O–H groups in total. The van der Waals surface area contributed by atoms with Gasteiger partial charge in [-0.1, -0.05) is 22.0 Å². The second-order valence-electron chi connectivity index (χ2n) is 5.73. The van der Waals surface area contributed by atoms with Crippen molar-refractivity contribution < 1.29 is 4.79 Å². The molecule has 1 aliphatic rings. The lowest BCUT2D eigenvalue weighted by molar-refractivity contribution is -0.117. The van der Waals surface area contributed by atoms with Crippen molar-refractivity contribution in [3.05, 3.63) is 45.2 Å². The van der Waals surface area contributed by atoms with Gasteiger partial charge in [0.25, 0.3) is 0 Å². The predicted octanol–water partition coefficient (Wildman–Crippen LogP) is 2.79. The molecule has 1 aromatic heterocycles. The third-order valence-electron chi connectivity index (χ3n) is 4.02. The van der Waals surface area contributed by atoms with Crippen molar-refractivity contribution >= 4 is 27.5 Å². The molecule has 0 bridgehead atoms. The summed E-state index contributed by atoms with van der Waals surface area (Å²) in [7, 11) is 0. The van der Waals surface area contributed by atoms with E-state index >= 15 is 0 Å². The molecule has 0 saturated heterocycles. The highest BCUT2D eigenvalue weighted by Gasteiger charge is 2.19. The van der Waals surface area contributed by atoms with Gasteiger partial charge in [-0.25, -0.2) is 0 Å². The number of benzene rings is 1. The monoisotopic (exact) mass is 362 g/mol. The van der Waals surface area contributed by atoms with Gasteiger partial charge in [-0.15, -0.1) is 0 Å². The normalized spacial score (nSPS) is 14.7. The van der Waals surface area contributed by atoms with Gasteiger partial charge in [-0.2, -0.15) is 5.10 Å². The minimum atomic E-state index is 0.00756. The molecule has 0 spiro atoms. The van der Waals surface area contributed by atoms with E-state index in [9.17, 15) is 4.79 Å². The topological polar surface area (TPSA) is 61.0 Å². The third kappa shape index (κ3) is 3.23. The fraction of sp³-hybridized carbons (Fsp3) is 0.375. The number of nitrogens with zero attached hydrogens (tertiary/aromatic N) is 2. The highest BCUT2D eigenvalue weighted by Crippen LogP contribution is 2.23. The van der Waals surface area contributed by atoms with Gasteiger partial charge in [0, 0.05) is 17.6 Å². The van der Waals surface area contributed by atoms with Crippen LogP contribution in [0.1, 0.15) is 22.5 Å². The highest BCUT2D eigenvalue weighted by molar-refractivity contribution is 9.10. The number of halogens is 1. The van der Waals surface area contributed by atoms with Crippen LogP contribution >= 0.6 is 15.9 Å². The fourth-order valence-corrected chi connectivity index (χ4v) is 3.24. The summed E-state index contributed by atoms with van der Waals surface area (Å²) in [6, 6.07) is 6.36. The molecule has 0 radical (unpaired) electrons. The molecule has 6 heteroatoms. The second kappa shape index (κ2) is 6.22. The summed E-state index contributed by atoms with van der Waals surface area (Å²) < 4.78 is 1.11. The number of amides is 1. The Morgan fingerprint density at radius 2 is 2.23 bits per heavy atom. The molecule has 2 heterocycles. The van der Waals surface area contributed by atoms with Crippen LogP contribution in [0.15, 0.2) is 22.7 Å². The first kappa shape index (κ1) is 15.2. The average molecular weight is 363 g/mol. The molecule has 22 heavy (non-hydrogen) atoms. The van der Waals surface area contributed by atoms with Gasteiger partial charge < -0.3 is 5.32 Å². The van der Waals surface area contributed by atoms with Crippen LogP contribution in [-0.2, 0) is 17.8 Å². The quantitative estimate of drug-likeness (QED) is 0.882. The molecule has 0 saturated carbocycles. The zero-order valence-electron chi connectivity index (χ0n) is 12.7. The lowest BCUT2D eigenvalue weighted by Crippen LogP contribution is -2.37. The van der Waals surface area contributed by atoms with E-state index in [4.69, 9.17) is 0 Å². The minimum absolute atomic E-state index is 0.00756. The molecule has 2 aromatic rings. The SMILES string of the molecule is Cc1n[nH]c(C)c1NC(=O)CN1CCc2cc(Br)ccc2C1. The number of hydrogen-bond donors (Lipinski definition) is 2. The lowest BCUT2D eigenvalue weighted by atomic mass is 10.00. The number of hydrogen-bond acceptors (Lipinski definition) is 3. The summed E-state index contributed by atoms with van der Waals surface area (Å²) in [5.74, 6) is 0.00756. The zero-order valence-corrected chi connectivity index (χ0v) is 14.3. The van der Waals surface area contributed by atoms with Crippen LogP contribution in [0.5, 0.6) is 0 Å². The Morgan fingerprint density at radius 3 is 2.95 bits per heavy atom. The van der Waals surface area contributed by atoms with E-state index in [0.717, 1.165) is 41.1 Å². The molecule has 116 valence electrons. The Labute approximate surface area is 138 Å². The first-order chi connectivity index (χ1) is 10.5. The molecule has 3 rings (SSSR count). The fourth-order valence-electron chi connectivity index (χ4n) is 2.83. The molecule has 0 atom stereocenters.